The standard InChI is InChI=1S/C13H16N2O5/c1-10(13(16)14-6-8-19-9-7-14)20-12-4-2-11(3-5-12)15(17)18/h2-5,10H,6-9H2,1H3/t10-/m1/s1. The van der Waals surface area contributed by atoms with Crippen LogP contribution >= 0.6 is 0 Å². The lowest BCUT2D eigenvalue weighted by Gasteiger charge is -2.29. The summed E-state index contributed by atoms with van der Waals surface area (Å²) >= 11 is 0. The third-order valence-electron chi connectivity index (χ3n) is 3.03. The zero-order valence-corrected chi connectivity index (χ0v) is 11.2. The van der Waals surface area contributed by atoms with Crippen molar-refractivity contribution < 1.29 is 19.2 Å². The molecule has 0 saturated carbocycles. The van der Waals surface area contributed by atoms with Crippen LogP contribution in [0.1, 0.15) is 6.92 Å². The molecule has 1 atom stereocenters. The molecule has 2 rings (SSSR count). The number of nitro groups is 1. The number of non-ortho nitro benzene ring substituents is 1. The minimum Gasteiger partial charge on any atom is -0.481 e. The number of carbonyl (C=O) groups is 1. The molecule has 20 heavy (non-hydrogen) atoms. The van der Waals surface area contributed by atoms with Crippen molar-refractivity contribution in [2.75, 3.05) is 26.3 Å². The Hall–Kier alpha value is -2.15. The van der Waals surface area contributed by atoms with Crippen molar-refractivity contribution in [3.8, 4) is 5.75 Å². The largest absolute Gasteiger partial charge is 0.481 e. The fourth-order valence-corrected chi connectivity index (χ4v) is 1.94. The molecule has 0 aliphatic carbocycles. The molecule has 1 fully saturated rings. The Morgan fingerprint density at radius 2 is 1.95 bits per heavy atom. The minimum atomic E-state index is -0.630. The number of carbonyl (C=O) groups excluding carboxylic acids is 1. The minimum absolute atomic E-state index is 0.00971. The van der Waals surface area contributed by atoms with Crippen molar-refractivity contribution >= 4 is 11.6 Å². The second kappa shape index (κ2) is 6.33. The number of rotatable bonds is 4. The van der Waals surface area contributed by atoms with Gasteiger partial charge in [0.25, 0.3) is 11.6 Å². The van der Waals surface area contributed by atoms with E-state index in [0.29, 0.717) is 32.1 Å². The molecule has 108 valence electrons. The summed E-state index contributed by atoms with van der Waals surface area (Å²) in [4.78, 5) is 23.9. The van der Waals surface area contributed by atoms with Gasteiger partial charge in [-0.2, -0.15) is 0 Å². The highest BCUT2D eigenvalue weighted by molar-refractivity contribution is 5.81. The topological polar surface area (TPSA) is 81.9 Å². The van der Waals surface area contributed by atoms with Gasteiger partial charge in [-0.15, -0.1) is 0 Å². The first-order valence-electron chi connectivity index (χ1n) is 6.35. The molecule has 1 aromatic carbocycles. The summed E-state index contributed by atoms with van der Waals surface area (Å²) in [5.41, 5.74) is -0.00971. The van der Waals surface area contributed by atoms with Gasteiger partial charge in [-0.1, -0.05) is 0 Å². The Morgan fingerprint density at radius 3 is 2.50 bits per heavy atom. The van der Waals surface area contributed by atoms with Crippen LogP contribution < -0.4 is 4.74 Å². The van der Waals surface area contributed by atoms with E-state index in [1.165, 1.54) is 24.3 Å². The van der Waals surface area contributed by atoms with E-state index in [9.17, 15) is 14.9 Å². The van der Waals surface area contributed by atoms with Gasteiger partial charge < -0.3 is 14.4 Å². The highest BCUT2D eigenvalue weighted by Crippen LogP contribution is 2.19. The molecule has 0 radical (unpaired) electrons. The Labute approximate surface area is 116 Å². The van der Waals surface area contributed by atoms with Gasteiger partial charge in [-0.05, 0) is 19.1 Å². The Balaban J connectivity index is 1.94. The van der Waals surface area contributed by atoms with E-state index in [2.05, 4.69) is 0 Å². The van der Waals surface area contributed by atoms with E-state index in [0.717, 1.165) is 0 Å². The molecule has 1 heterocycles. The summed E-state index contributed by atoms with van der Waals surface area (Å²) in [7, 11) is 0. The molecule has 1 amide bonds. The second-order valence-electron chi connectivity index (χ2n) is 4.45. The molecule has 0 unspecified atom stereocenters. The number of hydrogen-bond donors (Lipinski definition) is 0. The van der Waals surface area contributed by atoms with E-state index in [4.69, 9.17) is 9.47 Å². The number of amides is 1. The van der Waals surface area contributed by atoms with Gasteiger partial charge in [0.2, 0.25) is 0 Å². The number of benzene rings is 1. The van der Waals surface area contributed by atoms with Crippen LogP contribution in [0.15, 0.2) is 24.3 Å². The molecule has 7 nitrogen and oxygen atoms in total. The van der Waals surface area contributed by atoms with Crippen LogP contribution in [-0.4, -0.2) is 48.1 Å². The van der Waals surface area contributed by atoms with Crippen molar-refractivity contribution in [1.29, 1.82) is 0 Å². The fraction of sp³-hybridized carbons (Fsp3) is 0.462. The lowest BCUT2D eigenvalue weighted by Crippen LogP contribution is -2.46. The average molecular weight is 280 g/mol. The summed E-state index contributed by atoms with van der Waals surface area (Å²) in [5.74, 6) is 0.330. The molecule has 1 saturated heterocycles. The third-order valence-corrected chi connectivity index (χ3v) is 3.03. The van der Waals surface area contributed by atoms with Gasteiger partial charge in [0.05, 0.1) is 18.1 Å². The number of nitrogens with zero attached hydrogens (tertiary/aromatic N) is 2. The zero-order valence-electron chi connectivity index (χ0n) is 11.2. The van der Waals surface area contributed by atoms with Crippen LogP contribution in [0, 0.1) is 10.1 Å². The van der Waals surface area contributed by atoms with Gasteiger partial charge in [-0.25, -0.2) is 0 Å². The summed E-state index contributed by atoms with van der Waals surface area (Å²) < 4.78 is 10.7. The number of ether oxygens (including phenoxy) is 2. The molecule has 1 aliphatic heterocycles. The van der Waals surface area contributed by atoms with Gasteiger partial charge in [0, 0.05) is 25.2 Å². The molecule has 0 bridgehead atoms. The van der Waals surface area contributed by atoms with Gasteiger partial charge in [0.15, 0.2) is 6.10 Å². The Morgan fingerprint density at radius 1 is 1.35 bits per heavy atom. The van der Waals surface area contributed by atoms with Crippen LogP contribution in [0.4, 0.5) is 5.69 Å². The van der Waals surface area contributed by atoms with Crippen LogP contribution in [0.2, 0.25) is 0 Å². The normalized spacial score (nSPS) is 16.6. The molecule has 0 aromatic heterocycles. The summed E-state index contributed by atoms with van der Waals surface area (Å²) in [6.07, 6.45) is -0.630. The Kier molecular flexibility index (Phi) is 4.52. The second-order valence-corrected chi connectivity index (χ2v) is 4.45. The molecular weight excluding hydrogens is 264 g/mol. The lowest BCUT2D eigenvalue weighted by molar-refractivity contribution is -0.384. The van der Waals surface area contributed by atoms with Crippen molar-refractivity contribution in [1.82, 2.24) is 4.90 Å². The van der Waals surface area contributed by atoms with E-state index in [1.54, 1.807) is 11.8 Å². The maximum absolute atomic E-state index is 12.1. The summed E-state index contributed by atoms with van der Waals surface area (Å²) in [6.45, 7) is 3.87. The van der Waals surface area contributed by atoms with E-state index in [-0.39, 0.29) is 11.6 Å². The molecule has 0 N–H and O–H groups in total. The zero-order chi connectivity index (χ0) is 14.5. The Bertz CT molecular complexity index is 482. The number of hydrogen-bond acceptors (Lipinski definition) is 5. The predicted octanol–water partition coefficient (Wildman–Crippen LogP) is 1.22. The van der Waals surface area contributed by atoms with Crippen LogP contribution in [0.25, 0.3) is 0 Å². The lowest BCUT2D eigenvalue weighted by atomic mass is 10.3. The van der Waals surface area contributed by atoms with Crippen molar-refractivity contribution in [2.24, 2.45) is 0 Å². The maximum Gasteiger partial charge on any atom is 0.269 e. The third kappa shape index (κ3) is 3.45. The first-order chi connectivity index (χ1) is 9.58. The SMILES string of the molecule is C[C@@H](Oc1ccc([N+](=O)[O-])cc1)C(=O)N1CCOCC1. The fourth-order valence-electron chi connectivity index (χ4n) is 1.94. The smallest absolute Gasteiger partial charge is 0.269 e. The first kappa shape index (κ1) is 14.3. The first-order valence-corrected chi connectivity index (χ1v) is 6.35. The summed E-state index contributed by atoms with van der Waals surface area (Å²) in [6, 6.07) is 5.67. The van der Waals surface area contributed by atoms with Crippen LogP contribution in [0.3, 0.4) is 0 Å². The number of nitro benzene ring substituents is 1. The van der Waals surface area contributed by atoms with Gasteiger partial charge >= 0.3 is 0 Å². The average Bonchev–Trinajstić information content (AvgIpc) is 2.48. The van der Waals surface area contributed by atoms with E-state index in [1.807, 2.05) is 0 Å². The predicted molar refractivity (Wildman–Crippen MR) is 70.6 cm³/mol. The monoisotopic (exact) mass is 280 g/mol. The quantitative estimate of drug-likeness (QED) is 0.612. The van der Waals surface area contributed by atoms with E-state index < -0.39 is 11.0 Å². The molecular formula is C13H16N2O5. The molecule has 0 spiro atoms. The number of morpholine rings is 1. The van der Waals surface area contributed by atoms with Crippen molar-refractivity contribution in [3.63, 3.8) is 0 Å². The van der Waals surface area contributed by atoms with Crippen molar-refractivity contribution in [2.45, 2.75) is 13.0 Å². The van der Waals surface area contributed by atoms with Crippen molar-refractivity contribution in [3.05, 3.63) is 34.4 Å². The maximum atomic E-state index is 12.1. The van der Waals surface area contributed by atoms with Gasteiger partial charge in [-0.3, -0.25) is 14.9 Å². The summed E-state index contributed by atoms with van der Waals surface area (Å²) in [5, 5.41) is 10.5. The molecule has 1 aliphatic rings. The van der Waals surface area contributed by atoms with Crippen LogP contribution in [0.5, 0.6) is 5.75 Å². The highest BCUT2D eigenvalue weighted by Gasteiger charge is 2.23. The van der Waals surface area contributed by atoms with E-state index >= 15 is 0 Å². The molecule has 1 aromatic rings. The van der Waals surface area contributed by atoms with Crippen LogP contribution in [-0.2, 0) is 9.53 Å². The molecule has 7 heteroatoms. The van der Waals surface area contributed by atoms with Gasteiger partial charge in [0.1, 0.15) is 5.75 Å². The highest BCUT2D eigenvalue weighted by atomic mass is 16.6.